The van der Waals surface area contributed by atoms with Crippen LogP contribution in [-0.4, -0.2) is 0 Å². The summed E-state index contributed by atoms with van der Waals surface area (Å²) in [5.41, 5.74) is 1.63. The predicted octanol–water partition coefficient (Wildman–Crippen LogP) is -1.50. The second-order valence-electron chi connectivity index (χ2n) is 5.69. The van der Waals surface area contributed by atoms with E-state index in [1.807, 2.05) is 3.28 Å². The average molecular weight is 374 g/mol. The van der Waals surface area contributed by atoms with E-state index in [2.05, 4.69) is 50.3 Å². The summed E-state index contributed by atoms with van der Waals surface area (Å²) in [6.45, 7) is 4.82. The molecule has 3 aliphatic rings. The largest absolute Gasteiger partial charge is 1.00 e. The van der Waals surface area contributed by atoms with Crippen LogP contribution in [0.25, 0.3) is 0 Å². The number of allylic oxidation sites excluding steroid dienone is 8. The van der Waals surface area contributed by atoms with Crippen molar-refractivity contribution in [2.45, 2.75) is 30.3 Å². The molecule has 0 spiro atoms. The molecule has 1 fully saturated rings. The van der Waals surface area contributed by atoms with Crippen molar-refractivity contribution < 1.29 is 48.0 Å². The molecule has 102 valence electrons. The standard InChI is InChI=1S/C11H15.C5H5.2ClH.Zr/c1-8-6-10-5-3-4-9(2)11(10)7-8;1-2-4-5-3-1;;;/h3-6,8,10-11H,7H2,1-2H3;1-3H,4H2;2*1H;/q;;;;+2/p-2. The first-order chi connectivity index (χ1) is 8.25. The quantitative estimate of drug-likeness (QED) is 0.552. The van der Waals surface area contributed by atoms with E-state index < -0.39 is 0 Å². The molecule has 0 aromatic carbocycles. The second kappa shape index (κ2) is 7.44. The topological polar surface area (TPSA) is 0 Å². The molecule has 0 radical (unpaired) electrons. The SMILES string of the molecule is CC1=CC=CC2C1CC(C)[CH]2[Zr+2][C]1=CC=CC1.[Cl-].[Cl-]. The maximum absolute atomic E-state index is 2.51. The van der Waals surface area contributed by atoms with Crippen LogP contribution in [0.1, 0.15) is 26.7 Å². The van der Waals surface area contributed by atoms with E-state index in [0.717, 1.165) is 21.4 Å². The Morgan fingerprint density at radius 2 is 1.95 bits per heavy atom. The van der Waals surface area contributed by atoms with E-state index in [4.69, 9.17) is 0 Å². The van der Waals surface area contributed by atoms with Crippen LogP contribution in [0.15, 0.2) is 45.3 Å². The number of rotatable bonds is 2. The fourth-order valence-corrected chi connectivity index (χ4v) is 8.00. The molecule has 0 heterocycles. The normalized spacial score (nSPS) is 34.6. The summed E-state index contributed by atoms with van der Waals surface area (Å²) in [5, 5.41) is 0. The smallest absolute Gasteiger partial charge is 1.00 e. The van der Waals surface area contributed by atoms with Crippen LogP contribution in [-0.2, 0) is 23.2 Å². The van der Waals surface area contributed by atoms with Gasteiger partial charge in [-0.05, 0) is 0 Å². The Hall–Kier alpha value is 0.423. The van der Waals surface area contributed by atoms with Gasteiger partial charge in [-0.3, -0.25) is 0 Å². The summed E-state index contributed by atoms with van der Waals surface area (Å²) in [6, 6.07) is 0. The third-order valence-corrected chi connectivity index (χ3v) is 9.51. The van der Waals surface area contributed by atoms with Gasteiger partial charge in [-0.1, -0.05) is 0 Å². The van der Waals surface area contributed by atoms with Crippen LogP contribution in [0.3, 0.4) is 0 Å². The summed E-state index contributed by atoms with van der Waals surface area (Å²) >= 11 is -0.357. The Balaban J connectivity index is 0.000000902. The van der Waals surface area contributed by atoms with E-state index in [1.165, 1.54) is 12.8 Å². The third kappa shape index (κ3) is 3.55. The Labute approximate surface area is 140 Å². The number of halogens is 2. The molecule has 3 rings (SSSR count). The third-order valence-electron chi connectivity index (χ3n) is 4.52. The molecule has 0 aliphatic heterocycles. The van der Waals surface area contributed by atoms with Crippen LogP contribution in [0, 0.1) is 17.8 Å². The monoisotopic (exact) mass is 372 g/mol. The van der Waals surface area contributed by atoms with Crippen molar-refractivity contribution in [3.63, 3.8) is 0 Å². The second-order valence-corrected chi connectivity index (χ2v) is 9.61. The molecule has 0 aromatic heterocycles. The van der Waals surface area contributed by atoms with E-state index in [0.29, 0.717) is 0 Å². The van der Waals surface area contributed by atoms with Gasteiger partial charge < -0.3 is 24.8 Å². The molecule has 3 heteroatoms. The van der Waals surface area contributed by atoms with Crippen LogP contribution in [0.4, 0.5) is 0 Å². The fraction of sp³-hybridized carbons (Fsp3) is 0.500. The average Bonchev–Trinajstić information content (AvgIpc) is 2.91. The first-order valence-corrected chi connectivity index (χ1v) is 9.38. The van der Waals surface area contributed by atoms with Crippen molar-refractivity contribution in [2.75, 3.05) is 0 Å². The van der Waals surface area contributed by atoms with Gasteiger partial charge in [-0.2, -0.15) is 0 Å². The molecule has 0 saturated heterocycles. The summed E-state index contributed by atoms with van der Waals surface area (Å²) in [5.74, 6) is 2.70. The van der Waals surface area contributed by atoms with Crippen molar-refractivity contribution in [3.05, 3.63) is 45.3 Å². The molecular formula is C16H20Cl2Zr. The molecule has 0 aromatic rings. The molecule has 3 aliphatic carbocycles. The minimum atomic E-state index is -0.357. The molecular weight excluding hydrogens is 354 g/mol. The van der Waals surface area contributed by atoms with Crippen molar-refractivity contribution >= 4 is 0 Å². The van der Waals surface area contributed by atoms with Gasteiger partial charge in [-0.15, -0.1) is 0 Å². The van der Waals surface area contributed by atoms with E-state index >= 15 is 0 Å². The van der Waals surface area contributed by atoms with Gasteiger partial charge in [0.05, 0.1) is 0 Å². The van der Waals surface area contributed by atoms with Crippen molar-refractivity contribution in [3.8, 4) is 0 Å². The van der Waals surface area contributed by atoms with Gasteiger partial charge in [0.2, 0.25) is 0 Å². The summed E-state index contributed by atoms with van der Waals surface area (Å²) in [6.07, 6.45) is 16.8. The molecule has 4 atom stereocenters. The van der Waals surface area contributed by atoms with Gasteiger partial charge >= 0.3 is 117 Å². The Morgan fingerprint density at radius 3 is 2.63 bits per heavy atom. The van der Waals surface area contributed by atoms with Crippen LogP contribution >= 0.6 is 0 Å². The predicted molar refractivity (Wildman–Crippen MR) is 69.2 cm³/mol. The number of hydrogen-bond acceptors (Lipinski definition) is 0. The van der Waals surface area contributed by atoms with Crippen molar-refractivity contribution in [2.24, 2.45) is 17.8 Å². The molecule has 4 unspecified atom stereocenters. The van der Waals surface area contributed by atoms with E-state index in [9.17, 15) is 0 Å². The van der Waals surface area contributed by atoms with Crippen molar-refractivity contribution in [1.29, 1.82) is 0 Å². The summed E-state index contributed by atoms with van der Waals surface area (Å²) < 4.78 is 2.85. The first kappa shape index (κ1) is 17.5. The zero-order valence-electron chi connectivity index (χ0n) is 11.4. The maximum atomic E-state index is 2.51. The van der Waals surface area contributed by atoms with Gasteiger partial charge in [0.15, 0.2) is 0 Å². The van der Waals surface area contributed by atoms with E-state index in [1.54, 1.807) is 5.57 Å². The maximum Gasteiger partial charge on any atom is -1.00 e. The van der Waals surface area contributed by atoms with Crippen LogP contribution in [0.5, 0.6) is 0 Å². The Morgan fingerprint density at radius 1 is 1.16 bits per heavy atom. The Kier molecular flexibility index (Phi) is 6.84. The minimum Gasteiger partial charge on any atom is -1.00 e. The van der Waals surface area contributed by atoms with E-state index in [-0.39, 0.29) is 48.0 Å². The fourth-order valence-electron chi connectivity index (χ4n) is 3.54. The van der Waals surface area contributed by atoms with Gasteiger partial charge in [-0.25, -0.2) is 0 Å². The zero-order chi connectivity index (χ0) is 11.8. The van der Waals surface area contributed by atoms with Crippen LogP contribution < -0.4 is 24.8 Å². The molecule has 0 bridgehead atoms. The zero-order valence-corrected chi connectivity index (χ0v) is 15.4. The number of hydrogen-bond donors (Lipinski definition) is 0. The molecule has 0 amide bonds. The van der Waals surface area contributed by atoms with Gasteiger partial charge in [0, 0.05) is 0 Å². The summed E-state index contributed by atoms with van der Waals surface area (Å²) in [7, 11) is 0. The molecule has 0 N–H and O–H groups in total. The van der Waals surface area contributed by atoms with Gasteiger partial charge in [0.25, 0.3) is 0 Å². The van der Waals surface area contributed by atoms with Crippen LogP contribution in [0.2, 0.25) is 3.63 Å². The minimum absolute atomic E-state index is 0. The molecule has 1 saturated carbocycles. The molecule has 19 heavy (non-hydrogen) atoms. The molecule has 0 nitrogen and oxygen atoms in total. The summed E-state index contributed by atoms with van der Waals surface area (Å²) in [4.78, 5) is 0. The number of fused-ring (bicyclic) bond motifs is 1. The first-order valence-electron chi connectivity index (χ1n) is 6.73. The van der Waals surface area contributed by atoms with Crippen molar-refractivity contribution in [1.82, 2.24) is 0 Å². The Bertz CT molecular complexity index is 434. The van der Waals surface area contributed by atoms with Gasteiger partial charge in [0.1, 0.15) is 0 Å².